The number of benzene rings is 1. The van der Waals surface area contributed by atoms with Gasteiger partial charge in [-0.05, 0) is 48.1 Å². The van der Waals surface area contributed by atoms with Crippen LogP contribution in [0.15, 0.2) is 18.2 Å². The van der Waals surface area contributed by atoms with E-state index in [1.165, 1.54) is 0 Å². The van der Waals surface area contributed by atoms with Crippen LogP contribution in [-0.4, -0.2) is 23.6 Å². The molecule has 0 atom stereocenters. The second kappa shape index (κ2) is 7.38. The van der Waals surface area contributed by atoms with Crippen molar-refractivity contribution in [2.75, 3.05) is 19.0 Å². The summed E-state index contributed by atoms with van der Waals surface area (Å²) in [6.07, 6.45) is 0. The molecule has 0 radical (unpaired) electrons. The van der Waals surface area contributed by atoms with Crippen LogP contribution >= 0.6 is 34.2 Å². The van der Waals surface area contributed by atoms with Crippen LogP contribution in [0.2, 0.25) is 5.02 Å². The number of methoxy groups -OCH3 is 1. The Kier molecular flexibility index (Phi) is 5.78. The third-order valence-corrected chi connectivity index (χ3v) is 4.52. The molecule has 0 fully saturated rings. The van der Waals surface area contributed by atoms with Crippen LogP contribution in [0.3, 0.4) is 0 Å². The third-order valence-electron chi connectivity index (χ3n) is 2.98. The zero-order valence-corrected chi connectivity index (χ0v) is 15.1. The lowest BCUT2D eigenvalue weighted by Crippen LogP contribution is -2.08. The Bertz CT molecular complexity index is 622. The van der Waals surface area contributed by atoms with Gasteiger partial charge < -0.3 is 10.1 Å². The predicted molar refractivity (Wildman–Crippen MR) is 94.8 cm³/mol. The molecule has 0 aliphatic heterocycles. The van der Waals surface area contributed by atoms with Crippen molar-refractivity contribution in [2.24, 2.45) is 0 Å². The van der Waals surface area contributed by atoms with Crippen molar-refractivity contribution < 1.29 is 4.74 Å². The fourth-order valence-electron chi connectivity index (χ4n) is 1.87. The Morgan fingerprint density at radius 3 is 2.71 bits per heavy atom. The number of rotatable bonds is 5. The van der Waals surface area contributed by atoms with E-state index in [4.69, 9.17) is 16.3 Å². The fraction of sp³-hybridized carbons (Fsp3) is 0.333. The highest BCUT2D eigenvalue weighted by Crippen LogP contribution is 2.27. The van der Waals surface area contributed by atoms with Crippen LogP contribution in [0.1, 0.15) is 18.2 Å². The molecule has 2 rings (SSSR count). The van der Waals surface area contributed by atoms with E-state index in [1.807, 2.05) is 32.0 Å². The highest BCUT2D eigenvalue weighted by atomic mass is 127. The van der Waals surface area contributed by atoms with Crippen LogP contribution in [-0.2, 0) is 11.3 Å². The first-order valence-electron chi connectivity index (χ1n) is 6.62. The smallest absolute Gasteiger partial charge is 0.161 e. The first kappa shape index (κ1) is 16.5. The summed E-state index contributed by atoms with van der Waals surface area (Å²) in [4.78, 5) is 9.21. The summed E-state index contributed by atoms with van der Waals surface area (Å²) in [5.74, 6) is 1.48. The van der Waals surface area contributed by atoms with Crippen LogP contribution < -0.4 is 5.32 Å². The van der Waals surface area contributed by atoms with Gasteiger partial charge in [-0.2, -0.15) is 0 Å². The van der Waals surface area contributed by atoms with Crippen LogP contribution in [0.4, 0.5) is 5.82 Å². The summed E-state index contributed by atoms with van der Waals surface area (Å²) in [6, 6.07) is 5.85. The molecule has 0 bridgehead atoms. The Balaban J connectivity index is 2.53. The molecular weight excluding hydrogens is 401 g/mol. The monoisotopic (exact) mass is 417 g/mol. The first-order chi connectivity index (χ1) is 10.1. The van der Waals surface area contributed by atoms with Gasteiger partial charge >= 0.3 is 0 Å². The van der Waals surface area contributed by atoms with E-state index >= 15 is 0 Å². The lowest BCUT2D eigenvalue weighted by atomic mass is 10.1. The fourth-order valence-corrected chi connectivity index (χ4v) is 2.64. The minimum Gasteiger partial charge on any atom is -0.378 e. The zero-order valence-electron chi connectivity index (χ0n) is 12.2. The van der Waals surface area contributed by atoms with Crippen molar-refractivity contribution in [3.63, 3.8) is 0 Å². The SMILES string of the molecule is CCNc1nc(-c2ccc(C)c(Cl)c2)nc(COC)c1I. The van der Waals surface area contributed by atoms with E-state index < -0.39 is 0 Å². The maximum absolute atomic E-state index is 6.20. The van der Waals surface area contributed by atoms with E-state index in [9.17, 15) is 0 Å². The van der Waals surface area contributed by atoms with Crippen LogP contribution in [0, 0.1) is 10.5 Å². The third kappa shape index (κ3) is 3.84. The van der Waals surface area contributed by atoms with Gasteiger partial charge in [-0.15, -0.1) is 0 Å². The number of anilines is 1. The normalized spacial score (nSPS) is 10.7. The zero-order chi connectivity index (χ0) is 15.4. The number of hydrogen-bond acceptors (Lipinski definition) is 4. The minimum atomic E-state index is 0.450. The molecule has 6 heteroatoms. The molecule has 112 valence electrons. The van der Waals surface area contributed by atoms with Gasteiger partial charge in [0.15, 0.2) is 5.82 Å². The summed E-state index contributed by atoms with van der Waals surface area (Å²) in [6.45, 7) is 5.26. The molecule has 0 spiro atoms. The Morgan fingerprint density at radius 1 is 1.33 bits per heavy atom. The predicted octanol–water partition coefficient (Wildman–Crippen LogP) is 4.29. The standard InChI is InChI=1S/C15H17ClIN3O/c1-4-18-15-13(17)12(8-21-3)19-14(20-15)10-6-5-9(2)11(16)7-10/h5-7H,4,8H2,1-3H3,(H,18,19,20). The molecule has 0 unspecified atom stereocenters. The van der Waals surface area contributed by atoms with Gasteiger partial charge in [0.2, 0.25) is 0 Å². The Hall–Kier alpha value is -0.920. The number of nitrogens with zero attached hydrogens (tertiary/aromatic N) is 2. The highest BCUT2D eigenvalue weighted by molar-refractivity contribution is 14.1. The van der Waals surface area contributed by atoms with Crippen molar-refractivity contribution in [3.05, 3.63) is 38.0 Å². The number of aryl methyl sites for hydroxylation is 1. The van der Waals surface area contributed by atoms with E-state index in [1.54, 1.807) is 7.11 Å². The lowest BCUT2D eigenvalue weighted by Gasteiger charge is -2.12. The second-order valence-corrected chi connectivity index (χ2v) is 6.07. The molecule has 1 aromatic carbocycles. The summed E-state index contributed by atoms with van der Waals surface area (Å²) in [7, 11) is 1.66. The van der Waals surface area contributed by atoms with Gasteiger partial charge in [0, 0.05) is 24.2 Å². The molecule has 0 aliphatic rings. The second-order valence-electron chi connectivity index (χ2n) is 4.58. The quantitative estimate of drug-likeness (QED) is 0.737. The van der Waals surface area contributed by atoms with E-state index in [0.29, 0.717) is 17.5 Å². The van der Waals surface area contributed by atoms with Gasteiger partial charge in [-0.25, -0.2) is 9.97 Å². The number of ether oxygens (including phenoxy) is 1. The first-order valence-corrected chi connectivity index (χ1v) is 8.08. The van der Waals surface area contributed by atoms with Gasteiger partial charge in [0.1, 0.15) is 5.82 Å². The summed E-state index contributed by atoms with van der Waals surface area (Å²) in [5, 5.41) is 3.98. The largest absolute Gasteiger partial charge is 0.378 e. The maximum Gasteiger partial charge on any atom is 0.161 e. The van der Waals surface area contributed by atoms with Gasteiger partial charge in [-0.1, -0.05) is 23.7 Å². The van der Waals surface area contributed by atoms with Gasteiger partial charge in [0.05, 0.1) is 15.9 Å². The molecule has 0 amide bonds. The van der Waals surface area contributed by atoms with E-state index in [-0.39, 0.29) is 0 Å². The molecule has 0 aliphatic carbocycles. The molecule has 1 aromatic heterocycles. The van der Waals surface area contributed by atoms with Gasteiger partial charge in [0.25, 0.3) is 0 Å². The van der Waals surface area contributed by atoms with E-state index in [2.05, 4.69) is 37.9 Å². The summed E-state index contributed by atoms with van der Waals surface area (Å²) >= 11 is 8.44. The topological polar surface area (TPSA) is 47.0 Å². The number of nitrogens with one attached hydrogen (secondary N) is 1. The molecule has 0 saturated carbocycles. The van der Waals surface area contributed by atoms with Crippen molar-refractivity contribution in [3.8, 4) is 11.4 Å². The molecule has 1 N–H and O–H groups in total. The van der Waals surface area contributed by atoms with Crippen LogP contribution in [0.25, 0.3) is 11.4 Å². The Morgan fingerprint density at radius 2 is 2.10 bits per heavy atom. The van der Waals surface area contributed by atoms with E-state index in [0.717, 1.165) is 32.8 Å². The van der Waals surface area contributed by atoms with Crippen molar-refractivity contribution in [1.82, 2.24) is 9.97 Å². The Labute approximate surface area is 143 Å². The van der Waals surface area contributed by atoms with Crippen LogP contribution in [0.5, 0.6) is 0 Å². The lowest BCUT2D eigenvalue weighted by molar-refractivity contribution is 0.181. The van der Waals surface area contributed by atoms with Crippen molar-refractivity contribution >= 4 is 40.0 Å². The summed E-state index contributed by atoms with van der Waals surface area (Å²) in [5.41, 5.74) is 2.81. The molecule has 0 saturated heterocycles. The summed E-state index contributed by atoms with van der Waals surface area (Å²) < 4.78 is 6.21. The van der Waals surface area contributed by atoms with Crippen molar-refractivity contribution in [2.45, 2.75) is 20.5 Å². The molecule has 4 nitrogen and oxygen atoms in total. The minimum absolute atomic E-state index is 0.450. The van der Waals surface area contributed by atoms with Crippen molar-refractivity contribution in [1.29, 1.82) is 0 Å². The molecular formula is C15H17ClIN3O. The maximum atomic E-state index is 6.20. The average molecular weight is 418 g/mol. The number of hydrogen-bond donors (Lipinski definition) is 1. The number of aromatic nitrogens is 2. The molecule has 21 heavy (non-hydrogen) atoms. The van der Waals surface area contributed by atoms with Gasteiger partial charge in [-0.3, -0.25) is 0 Å². The highest BCUT2D eigenvalue weighted by Gasteiger charge is 2.13. The molecule has 1 heterocycles. The molecule has 2 aromatic rings. The number of halogens is 2. The average Bonchev–Trinajstić information content (AvgIpc) is 2.46.